The zero-order valence-corrected chi connectivity index (χ0v) is 23.3. The molecule has 6 nitrogen and oxygen atoms in total. The second-order valence-electron chi connectivity index (χ2n) is 12.9. The lowest BCUT2D eigenvalue weighted by Crippen LogP contribution is -2.38. The molecule has 198 valence electrons. The number of aryl methyl sites for hydroxylation is 2. The molecule has 0 aromatic carbocycles. The average molecular weight is 493 g/mol. The van der Waals surface area contributed by atoms with Crippen LogP contribution in [0, 0.1) is 41.9 Å². The van der Waals surface area contributed by atoms with Crippen molar-refractivity contribution in [2.24, 2.45) is 42.1 Å². The van der Waals surface area contributed by atoms with E-state index >= 15 is 0 Å². The highest BCUT2D eigenvalue weighted by atomic mass is 15.3. The van der Waals surface area contributed by atoms with E-state index in [9.17, 15) is 0 Å². The lowest BCUT2D eigenvalue weighted by Gasteiger charge is -2.38. The summed E-state index contributed by atoms with van der Waals surface area (Å²) in [6.07, 6.45) is 13.1. The molecule has 36 heavy (non-hydrogen) atoms. The molecule has 5 atom stereocenters. The molecule has 3 unspecified atom stereocenters. The standard InChI is InChI=1S/C30H48N6/c1-6-30(15-21(2)7-8-22(3)16-30)20-36-18-25-13-24(14-26(25)19-36)11-12-31-28-10-9-27(33-34-28)29-23(4)17-32-35(29)5/h9-10,17,21-22,24-26H,6-8,11-16,18-20H2,1-5H3,(H,31,34)/t21?,22?,24?,25-,26+,30?. The van der Waals surface area contributed by atoms with E-state index in [1.165, 1.54) is 71.0 Å². The van der Waals surface area contributed by atoms with E-state index < -0.39 is 0 Å². The van der Waals surface area contributed by atoms with E-state index in [4.69, 9.17) is 0 Å². The molecule has 3 aliphatic rings. The van der Waals surface area contributed by atoms with Gasteiger partial charge >= 0.3 is 0 Å². The number of nitrogens with one attached hydrogen (secondary N) is 1. The molecule has 6 heteroatoms. The van der Waals surface area contributed by atoms with Crippen molar-refractivity contribution in [3.05, 3.63) is 23.9 Å². The van der Waals surface area contributed by atoms with Gasteiger partial charge in [0.1, 0.15) is 11.5 Å². The molecule has 2 aromatic rings. The summed E-state index contributed by atoms with van der Waals surface area (Å²) in [6.45, 7) is 14.6. The van der Waals surface area contributed by atoms with Gasteiger partial charge in [0.05, 0.1) is 11.9 Å². The van der Waals surface area contributed by atoms with Gasteiger partial charge in [0, 0.05) is 33.2 Å². The molecule has 2 aromatic heterocycles. The van der Waals surface area contributed by atoms with Crippen LogP contribution in [0.4, 0.5) is 5.82 Å². The largest absolute Gasteiger partial charge is 0.369 e. The summed E-state index contributed by atoms with van der Waals surface area (Å²) in [5, 5.41) is 16.7. The third-order valence-electron chi connectivity index (χ3n) is 9.84. The van der Waals surface area contributed by atoms with Gasteiger partial charge in [-0.3, -0.25) is 4.68 Å². The molecule has 0 spiro atoms. The van der Waals surface area contributed by atoms with Gasteiger partial charge < -0.3 is 10.2 Å². The first-order chi connectivity index (χ1) is 17.3. The Balaban J connectivity index is 1.07. The summed E-state index contributed by atoms with van der Waals surface area (Å²) < 4.78 is 1.87. The maximum Gasteiger partial charge on any atom is 0.148 e. The van der Waals surface area contributed by atoms with Crippen molar-refractivity contribution in [1.82, 2.24) is 24.9 Å². The molecule has 2 aliphatic carbocycles. The Morgan fingerprint density at radius 3 is 2.28 bits per heavy atom. The van der Waals surface area contributed by atoms with Crippen LogP contribution in [0.5, 0.6) is 0 Å². The maximum atomic E-state index is 4.44. The van der Waals surface area contributed by atoms with Crippen molar-refractivity contribution in [2.75, 3.05) is 31.5 Å². The van der Waals surface area contributed by atoms with Gasteiger partial charge in [-0.15, -0.1) is 10.2 Å². The molecule has 1 saturated heterocycles. The van der Waals surface area contributed by atoms with Crippen LogP contribution in [0.15, 0.2) is 18.3 Å². The number of hydrogen-bond donors (Lipinski definition) is 1. The van der Waals surface area contributed by atoms with Crippen LogP contribution >= 0.6 is 0 Å². The maximum absolute atomic E-state index is 4.44. The second-order valence-corrected chi connectivity index (χ2v) is 12.9. The SMILES string of the molecule is CCC1(CN2C[C@H]3CC(CCNc4ccc(-c5c(C)cnn5C)nn4)C[C@H]3C2)CC(C)CCC(C)C1. The number of anilines is 1. The van der Waals surface area contributed by atoms with Crippen LogP contribution in [0.2, 0.25) is 0 Å². The Kier molecular flexibility index (Phi) is 7.71. The fourth-order valence-corrected chi connectivity index (χ4v) is 8.10. The predicted octanol–water partition coefficient (Wildman–Crippen LogP) is 6.19. The third-order valence-corrected chi connectivity index (χ3v) is 9.84. The summed E-state index contributed by atoms with van der Waals surface area (Å²) in [4.78, 5) is 2.87. The second kappa shape index (κ2) is 10.8. The molecule has 2 saturated carbocycles. The Labute approximate surface area is 218 Å². The van der Waals surface area contributed by atoms with Crippen LogP contribution in [0.25, 0.3) is 11.4 Å². The minimum absolute atomic E-state index is 0.559. The zero-order chi connectivity index (χ0) is 25.3. The Bertz CT molecular complexity index is 952. The minimum Gasteiger partial charge on any atom is -0.369 e. The van der Waals surface area contributed by atoms with Gasteiger partial charge in [0.2, 0.25) is 0 Å². The van der Waals surface area contributed by atoms with Gasteiger partial charge in [-0.1, -0.05) is 33.6 Å². The highest BCUT2D eigenvalue weighted by Crippen LogP contribution is 2.47. The Morgan fingerprint density at radius 1 is 1.03 bits per heavy atom. The van der Waals surface area contributed by atoms with E-state index in [0.717, 1.165) is 58.9 Å². The Hall–Kier alpha value is -1.95. The number of fused-ring (bicyclic) bond motifs is 1. The molecule has 5 rings (SSSR count). The van der Waals surface area contributed by atoms with Gasteiger partial charge in [-0.05, 0) is 98.1 Å². The van der Waals surface area contributed by atoms with Gasteiger partial charge in [0.15, 0.2) is 0 Å². The number of rotatable bonds is 8. The van der Waals surface area contributed by atoms with E-state index in [1.807, 2.05) is 24.0 Å². The fourth-order valence-electron chi connectivity index (χ4n) is 8.10. The van der Waals surface area contributed by atoms with Gasteiger partial charge in [-0.25, -0.2) is 0 Å². The Morgan fingerprint density at radius 2 is 1.72 bits per heavy atom. The third kappa shape index (κ3) is 5.64. The number of hydrogen-bond acceptors (Lipinski definition) is 5. The van der Waals surface area contributed by atoms with Crippen molar-refractivity contribution in [3.8, 4) is 11.4 Å². The highest BCUT2D eigenvalue weighted by Gasteiger charge is 2.43. The molecular formula is C30H48N6. The van der Waals surface area contributed by atoms with Crippen LogP contribution in [0.1, 0.15) is 77.7 Å². The molecule has 1 aliphatic heterocycles. The molecular weight excluding hydrogens is 444 g/mol. The fraction of sp³-hybridized carbons (Fsp3) is 0.767. The van der Waals surface area contributed by atoms with Gasteiger partial charge in [-0.2, -0.15) is 5.10 Å². The van der Waals surface area contributed by atoms with Crippen molar-refractivity contribution in [3.63, 3.8) is 0 Å². The van der Waals surface area contributed by atoms with Crippen molar-refractivity contribution in [1.29, 1.82) is 0 Å². The minimum atomic E-state index is 0.559. The van der Waals surface area contributed by atoms with Crippen LogP contribution < -0.4 is 5.32 Å². The van der Waals surface area contributed by atoms with Crippen LogP contribution in [0.3, 0.4) is 0 Å². The monoisotopic (exact) mass is 492 g/mol. The first-order valence-electron chi connectivity index (χ1n) is 14.6. The lowest BCUT2D eigenvalue weighted by atomic mass is 9.73. The summed E-state index contributed by atoms with van der Waals surface area (Å²) in [5.41, 5.74) is 3.60. The first-order valence-corrected chi connectivity index (χ1v) is 14.6. The summed E-state index contributed by atoms with van der Waals surface area (Å²) in [7, 11) is 1.95. The number of likely N-dealkylation sites (tertiary alicyclic amines) is 1. The topological polar surface area (TPSA) is 58.9 Å². The van der Waals surface area contributed by atoms with Gasteiger partial charge in [0.25, 0.3) is 0 Å². The predicted molar refractivity (Wildman–Crippen MR) is 148 cm³/mol. The van der Waals surface area contributed by atoms with Crippen LogP contribution in [-0.4, -0.2) is 51.1 Å². The quantitative estimate of drug-likeness (QED) is 0.445. The highest BCUT2D eigenvalue weighted by molar-refractivity contribution is 5.59. The summed E-state index contributed by atoms with van der Waals surface area (Å²) in [5.74, 6) is 5.37. The molecule has 0 bridgehead atoms. The number of nitrogens with zero attached hydrogens (tertiary/aromatic N) is 5. The van der Waals surface area contributed by atoms with Crippen LogP contribution in [-0.2, 0) is 7.05 Å². The molecule has 0 amide bonds. The van der Waals surface area contributed by atoms with Crippen molar-refractivity contribution < 1.29 is 0 Å². The molecule has 3 fully saturated rings. The zero-order valence-electron chi connectivity index (χ0n) is 23.3. The summed E-state index contributed by atoms with van der Waals surface area (Å²) in [6, 6.07) is 4.10. The van der Waals surface area contributed by atoms with E-state index in [2.05, 4.69) is 59.3 Å². The molecule has 0 radical (unpaired) electrons. The first kappa shape index (κ1) is 25.7. The smallest absolute Gasteiger partial charge is 0.148 e. The average Bonchev–Trinajstić information content (AvgIpc) is 3.47. The van der Waals surface area contributed by atoms with Crippen molar-refractivity contribution >= 4 is 5.82 Å². The van der Waals surface area contributed by atoms with E-state index in [-0.39, 0.29) is 0 Å². The molecule has 1 N–H and O–H groups in total. The normalized spacial score (nSPS) is 33.0. The number of aromatic nitrogens is 4. The summed E-state index contributed by atoms with van der Waals surface area (Å²) >= 11 is 0. The van der Waals surface area contributed by atoms with E-state index in [1.54, 1.807) is 0 Å². The van der Waals surface area contributed by atoms with E-state index in [0.29, 0.717) is 5.41 Å². The molecule has 3 heterocycles. The van der Waals surface area contributed by atoms with Crippen molar-refractivity contribution in [2.45, 2.75) is 79.1 Å². The lowest BCUT2D eigenvalue weighted by molar-refractivity contribution is 0.111.